The first-order valence-corrected chi connectivity index (χ1v) is 12.0. The lowest BCUT2D eigenvalue weighted by Crippen LogP contribution is -2.40. The molecular formula is C27H21F2NO4S. The van der Waals surface area contributed by atoms with Gasteiger partial charge in [0.05, 0.1) is 0 Å². The number of carbonyl (C=O) groups excluding carboxylic acids is 1. The molecule has 35 heavy (non-hydrogen) atoms. The number of aliphatic carboxylic acids is 1. The van der Waals surface area contributed by atoms with Gasteiger partial charge in [-0.15, -0.1) is 11.3 Å². The largest absolute Gasteiger partial charge is 0.489 e. The van der Waals surface area contributed by atoms with Crippen molar-refractivity contribution in [3.63, 3.8) is 0 Å². The van der Waals surface area contributed by atoms with Crippen LogP contribution < -0.4 is 4.74 Å². The van der Waals surface area contributed by atoms with Crippen LogP contribution in [0, 0.1) is 11.6 Å². The number of carboxylic acids is 1. The van der Waals surface area contributed by atoms with Crippen LogP contribution in [-0.4, -0.2) is 34.5 Å². The van der Waals surface area contributed by atoms with Crippen LogP contribution in [0.4, 0.5) is 8.78 Å². The van der Waals surface area contributed by atoms with Crippen LogP contribution in [0.1, 0.15) is 28.8 Å². The maximum absolute atomic E-state index is 14.1. The molecule has 1 fully saturated rings. The average Bonchev–Trinajstić information content (AvgIpc) is 3.56. The molecule has 1 aromatic heterocycles. The Morgan fingerprint density at radius 2 is 1.89 bits per heavy atom. The highest BCUT2D eigenvalue weighted by Crippen LogP contribution is 2.36. The smallest absolute Gasteiger partial charge is 0.326 e. The molecule has 178 valence electrons. The van der Waals surface area contributed by atoms with Gasteiger partial charge in [0.15, 0.2) is 11.6 Å². The summed E-state index contributed by atoms with van der Waals surface area (Å²) < 4.78 is 34.6. The molecule has 0 saturated carbocycles. The molecule has 1 saturated heterocycles. The van der Waals surface area contributed by atoms with Crippen LogP contribution in [0.2, 0.25) is 0 Å². The molecule has 0 radical (unpaired) electrons. The van der Waals surface area contributed by atoms with Crippen LogP contribution >= 0.6 is 11.3 Å². The molecule has 0 unspecified atom stereocenters. The van der Waals surface area contributed by atoms with Gasteiger partial charge in [0.25, 0.3) is 5.91 Å². The molecule has 2 heterocycles. The Morgan fingerprint density at radius 1 is 1.09 bits per heavy atom. The summed E-state index contributed by atoms with van der Waals surface area (Å²) in [4.78, 5) is 25.7. The SMILES string of the molecule is O=C(O)[C@@H]1CCCN1C(=O)c1cccc(COc2ccc(-c3cc(F)c(F)c4ccsc34)cc2)c1. The fourth-order valence-electron chi connectivity index (χ4n) is 4.41. The lowest BCUT2D eigenvalue weighted by atomic mass is 10.0. The van der Waals surface area contributed by atoms with Gasteiger partial charge in [-0.05, 0) is 65.7 Å². The number of carbonyl (C=O) groups is 2. The number of hydrogen-bond acceptors (Lipinski definition) is 4. The Hall–Kier alpha value is -3.78. The molecule has 5 nitrogen and oxygen atoms in total. The zero-order valence-corrected chi connectivity index (χ0v) is 19.4. The second-order valence-corrected chi connectivity index (χ2v) is 9.31. The number of amides is 1. The number of likely N-dealkylation sites (tertiary alicyclic amines) is 1. The summed E-state index contributed by atoms with van der Waals surface area (Å²) in [6.07, 6.45) is 1.13. The summed E-state index contributed by atoms with van der Waals surface area (Å²) in [7, 11) is 0. The van der Waals surface area contributed by atoms with Crippen molar-refractivity contribution in [2.24, 2.45) is 0 Å². The highest BCUT2D eigenvalue weighted by atomic mass is 32.1. The second kappa shape index (κ2) is 9.46. The fourth-order valence-corrected chi connectivity index (χ4v) is 5.34. The maximum Gasteiger partial charge on any atom is 0.326 e. The standard InChI is InChI=1S/C27H21F2NO4S/c28-22-14-21(25-20(24(22)29)10-12-35-25)17-6-8-19(9-7-17)34-15-16-3-1-4-18(13-16)26(31)30-11-2-5-23(30)27(32)33/h1,3-4,6-10,12-14,23H,2,5,11,15H2,(H,32,33)/t23-/m0/s1. The number of fused-ring (bicyclic) bond motifs is 1. The van der Waals surface area contributed by atoms with Gasteiger partial charge < -0.3 is 14.7 Å². The first-order chi connectivity index (χ1) is 16.9. The van der Waals surface area contributed by atoms with Gasteiger partial charge in [-0.3, -0.25) is 4.79 Å². The second-order valence-electron chi connectivity index (χ2n) is 8.39. The van der Waals surface area contributed by atoms with E-state index in [1.165, 1.54) is 22.3 Å². The Bertz CT molecular complexity index is 1420. The minimum Gasteiger partial charge on any atom is -0.489 e. The van der Waals surface area contributed by atoms with Gasteiger partial charge in [-0.2, -0.15) is 0 Å². The van der Waals surface area contributed by atoms with E-state index in [0.717, 1.165) is 11.1 Å². The van der Waals surface area contributed by atoms with Gasteiger partial charge in [0.1, 0.15) is 18.4 Å². The maximum atomic E-state index is 14.1. The molecule has 0 bridgehead atoms. The molecule has 1 aliphatic rings. The van der Waals surface area contributed by atoms with E-state index in [1.807, 2.05) is 6.07 Å². The van der Waals surface area contributed by atoms with Gasteiger partial charge in [-0.1, -0.05) is 24.3 Å². The normalized spacial score (nSPS) is 15.5. The number of rotatable bonds is 6. The highest BCUT2D eigenvalue weighted by molar-refractivity contribution is 7.17. The molecular weight excluding hydrogens is 472 g/mol. The van der Waals surface area contributed by atoms with Crippen molar-refractivity contribution >= 4 is 33.3 Å². The molecule has 0 spiro atoms. The summed E-state index contributed by atoms with van der Waals surface area (Å²) in [6, 6.07) is 16.1. The number of ether oxygens (including phenoxy) is 1. The molecule has 5 rings (SSSR count). The molecule has 1 aliphatic heterocycles. The van der Waals surface area contributed by atoms with E-state index in [4.69, 9.17) is 4.74 Å². The quantitative estimate of drug-likeness (QED) is 0.352. The molecule has 1 atom stereocenters. The lowest BCUT2D eigenvalue weighted by Gasteiger charge is -2.21. The van der Waals surface area contributed by atoms with E-state index in [-0.39, 0.29) is 17.9 Å². The van der Waals surface area contributed by atoms with Crippen LogP contribution in [0.5, 0.6) is 5.75 Å². The lowest BCUT2D eigenvalue weighted by molar-refractivity contribution is -0.141. The molecule has 1 amide bonds. The zero-order chi connectivity index (χ0) is 24.5. The molecule has 0 aliphatic carbocycles. The number of halogens is 2. The van der Waals surface area contributed by atoms with Crippen LogP contribution in [0.3, 0.4) is 0 Å². The van der Waals surface area contributed by atoms with E-state index in [0.29, 0.717) is 41.0 Å². The number of nitrogens with zero attached hydrogens (tertiary/aromatic N) is 1. The Labute approximate surface area is 204 Å². The summed E-state index contributed by atoms with van der Waals surface area (Å²) in [5.41, 5.74) is 2.56. The number of benzene rings is 3. The fraction of sp³-hybridized carbons (Fsp3) is 0.185. The monoisotopic (exact) mass is 493 g/mol. The first-order valence-electron chi connectivity index (χ1n) is 11.1. The zero-order valence-electron chi connectivity index (χ0n) is 18.5. The number of carboxylic acid groups (broad SMARTS) is 1. The third-order valence-electron chi connectivity index (χ3n) is 6.17. The Morgan fingerprint density at radius 3 is 2.66 bits per heavy atom. The summed E-state index contributed by atoms with van der Waals surface area (Å²) in [5, 5.41) is 11.4. The minimum atomic E-state index is -0.984. The molecule has 4 aromatic rings. The van der Waals surface area contributed by atoms with Crippen molar-refractivity contribution < 1.29 is 28.2 Å². The van der Waals surface area contributed by atoms with Gasteiger partial charge >= 0.3 is 5.97 Å². The molecule has 1 N–H and O–H groups in total. The topological polar surface area (TPSA) is 66.8 Å². The Kier molecular flexibility index (Phi) is 6.21. The van der Waals surface area contributed by atoms with E-state index < -0.39 is 23.6 Å². The Balaban J connectivity index is 1.29. The molecule has 3 aromatic carbocycles. The van der Waals surface area contributed by atoms with Crippen molar-refractivity contribution in [3.8, 4) is 16.9 Å². The van der Waals surface area contributed by atoms with Crippen molar-refractivity contribution in [1.82, 2.24) is 4.90 Å². The third-order valence-corrected chi connectivity index (χ3v) is 7.12. The van der Waals surface area contributed by atoms with Crippen molar-refractivity contribution in [1.29, 1.82) is 0 Å². The van der Waals surface area contributed by atoms with Gasteiger partial charge in [-0.25, -0.2) is 13.6 Å². The number of hydrogen-bond donors (Lipinski definition) is 1. The van der Waals surface area contributed by atoms with E-state index in [2.05, 4.69) is 0 Å². The molecule has 8 heteroatoms. The van der Waals surface area contributed by atoms with Crippen molar-refractivity contribution in [2.45, 2.75) is 25.5 Å². The summed E-state index contributed by atoms with van der Waals surface area (Å²) in [6.45, 7) is 0.641. The predicted octanol–water partition coefficient (Wildman–Crippen LogP) is 6.11. The van der Waals surface area contributed by atoms with E-state index in [1.54, 1.807) is 53.9 Å². The summed E-state index contributed by atoms with van der Waals surface area (Å²) in [5.74, 6) is -2.42. The number of thiophene rings is 1. The van der Waals surface area contributed by atoms with Gasteiger partial charge in [0.2, 0.25) is 0 Å². The van der Waals surface area contributed by atoms with Crippen molar-refractivity contribution in [2.75, 3.05) is 6.54 Å². The van der Waals surface area contributed by atoms with Gasteiger partial charge in [0, 0.05) is 27.8 Å². The van der Waals surface area contributed by atoms with Crippen LogP contribution in [0.15, 0.2) is 66.0 Å². The minimum absolute atomic E-state index is 0.211. The van der Waals surface area contributed by atoms with Crippen LogP contribution in [0.25, 0.3) is 21.2 Å². The highest BCUT2D eigenvalue weighted by Gasteiger charge is 2.34. The van der Waals surface area contributed by atoms with Crippen LogP contribution in [-0.2, 0) is 11.4 Å². The predicted molar refractivity (Wildman–Crippen MR) is 130 cm³/mol. The summed E-state index contributed by atoms with van der Waals surface area (Å²) >= 11 is 1.36. The van der Waals surface area contributed by atoms with Crippen molar-refractivity contribution in [3.05, 3.63) is 88.8 Å². The van der Waals surface area contributed by atoms with E-state index in [9.17, 15) is 23.5 Å². The first kappa shape index (κ1) is 23.0. The van der Waals surface area contributed by atoms with E-state index >= 15 is 0 Å². The third kappa shape index (κ3) is 4.49. The average molecular weight is 494 g/mol.